The topological polar surface area (TPSA) is 43.5 Å². The molecule has 4 nitrogen and oxygen atoms in total. The minimum Gasteiger partial charge on any atom is -0.444 e. The maximum atomic E-state index is 12.2. The summed E-state index contributed by atoms with van der Waals surface area (Å²) in [6, 6.07) is 0.504. The van der Waals surface area contributed by atoms with Crippen LogP contribution in [0.25, 0.3) is 0 Å². The number of carbonyl (C=O) groups is 1. The predicted octanol–water partition coefficient (Wildman–Crippen LogP) is 0.610. The first-order valence-corrected chi connectivity index (χ1v) is 7.31. The summed E-state index contributed by atoms with van der Waals surface area (Å²) in [5.41, 5.74) is -0.416. The van der Waals surface area contributed by atoms with Gasteiger partial charge in [0, 0.05) is 0 Å². The Hall–Kier alpha value is -0.710. The van der Waals surface area contributed by atoms with Gasteiger partial charge < -0.3 is 4.74 Å². The van der Waals surface area contributed by atoms with Crippen molar-refractivity contribution in [3.05, 3.63) is 0 Å². The van der Waals surface area contributed by atoms with Gasteiger partial charge in [0.25, 0.3) is 0 Å². The number of carbonyl (C=O) groups excluding carboxylic acids is 1. The predicted molar refractivity (Wildman–Crippen MR) is 69.2 cm³/mol. The number of fused-ring (bicyclic) bond motifs is 2. The van der Waals surface area contributed by atoms with E-state index in [9.17, 15) is 4.79 Å². The van der Waals surface area contributed by atoms with E-state index in [0.717, 1.165) is 19.4 Å². The summed E-state index contributed by atoms with van der Waals surface area (Å²) in [4.78, 5) is 17.5. The monoisotopic (exact) mass is 257 g/mol. The number of thioether (sulfide) groups is 1. The van der Waals surface area contributed by atoms with Gasteiger partial charge in [-0.25, -0.2) is 9.79 Å². The van der Waals surface area contributed by atoms with Crippen LogP contribution in [0.5, 0.6) is 0 Å². The van der Waals surface area contributed by atoms with Crippen molar-refractivity contribution in [2.75, 3.05) is 12.8 Å². The van der Waals surface area contributed by atoms with Gasteiger partial charge in [-0.1, -0.05) is 11.8 Å². The molecule has 96 valence electrons. The van der Waals surface area contributed by atoms with E-state index in [4.69, 9.17) is 4.74 Å². The number of nitrogens with zero attached hydrogens (tertiary/aromatic N) is 1. The lowest BCUT2D eigenvalue weighted by Crippen LogP contribution is -2.82. The van der Waals surface area contributed by atoms with E-state index in [1.807, 2.05) is 31.9 Å². The van der Waals surface area contributed by atoms with Crippen LogP contribution in [0.2, 0.25) is 0 Å². The molecule has 17 heavy (non-hydrogen) atoms. The average Bonchev–Trinajstić information content (AvgIpc) is 2.52. The third-order valence-electron chi connectivity index (χ3n) is 3.14. The lowest BCUT2D eigenvalue weighted by Gasteiger charge is -2.32. The molecule has 5 heteroatoms. The summed E-state index contributed by atoms with van der Waals surface area (Å²) in [7, 11) is 0. The Morgan fingerprint density at radius 1 is 1.47 bits per heavy atom. The highest BCUT2D eigenvalue weighted by Gasteiger charge is 2.47. The van der Waals surface area contributed by atoms with Crippen molar-refractivity contribution in [1.29, 1.82) is 0 Å². The van der Waals surface area contributed by atoms with Gasteiger partial charge >= 0.3 is 6.09 Å². The van der Waals surface area contributed by atoms with E-state index in [1.165, 1.54) is 5.04 Å². The molecule has 2 bridgehead atoms. The molecule has 0 radical (unpaired) electrons. The Kier molecular flexibility index (Phi) is 3.39. The molecule has 1 saturated heterocycles. The number of ether oxygens (including phenoxy) is 1. The number of hydrogen-bond acceptors (Lipinski definition) is 3. The first-order valence-electron chi connectivity index (χ1n) is 6.08. The van der Waals surface area contributed by atoms with Gasteiger partial charge in [0.05, 0.1) is 6.04 Å². The Bertz CT molecular complexity index is 349. The fourth-order valence-corrected chi connectivity index (χ4v) is 3.21. The summed E-state index contributed by atoms with van der Waals surface area (Å²) >= 11 is 1.70. The molecule has 0 aliphatic carbocycles. The minimum atomic E-state index is -0.416. The highest BCUT2D eigenvalue weighted by atomic mass is 32.2. The molecule has 2 rings (SSSR count). The Balaban J connectivity index is 2.12. The van der Waals surface area contributed by atoms with E-state index in [2.05, 4.69) is 4.99 Å². The van der Waals surface area contributed by atoms with Crippen LogP contribution in [-0.4, -0.2) is 46.5 Å². The van der Waals surface area contributed by atoms with E-state index < -0.39 is 5.60 Å². The quantitative estimate of drug-likeness (QED) is 0.691. The normalized spacial score (nSPS) is 28.0. The Morgan fingerprint density at radius 2 is 2.18 bits per heavy atom. The van der Waals surface area contributed by atoms with Gasteiger partial charge in [-0.3, -0.25) is 4.90 Å². The van der Waals surface area contributed by atoms with Gasteiger partial charge in [0.2, 0.25) is 5.04 Å². The molecule has 0 aromatic heterocycles. The zero-order chi connectivity index (χ0) is 12.6. The Morgan fingerprint density at radius 3 is 2.76 bits per heavy atom. The summed E-state index contributed by atoms with van der Waals surface area (Å²) in [5, 5.41) is 1.20. The third-order valence-corrected chi connectivity index (χ3v) is 4.00. The summed E-state index contributed by atoms with van der Waals surface area (Å²) in [6.45, 7) is 6.59. The number of nitrogens with one attached hydrogen (secondary N) is 1. The first-order chi connectivity index (χ1) is 7.92. The van der Waals surface area contributed by atoms with Crippen LogP contribution >= 0.6 is 11.8 Å². The summed E-state index contributed by atoms with van der Waals surface area (Å²) in [5.74, 6) is 0. The van der Waals surface area contributed by atoms with Crippen LogP contribution in [0.3, 0.4) is 0 Å². The van der Waals surface area contributed by atoms with Crippen LogP contribution in [0, 0.1) is 0 Å². The first kappa shape index (κ1) is 12.7. The van der Waals surface area contributed by atoms with Crippen LogP contribution in [0.1, 0.15) is 33.6 Å². The van der Waals surface area contributed by atoms with Crippen molar-refractivity contribution in [3.63, 3.8) is 0 Å². The van der Waals surface area contributed by atoms with Crippen molar-refractivity contribution in [1.82, 2.24) is 4.90 Å². The summed E-state index contributed by atoms with van der Waals surface area (Å²) in [6.07, 6.45) is 4.00. The molecule has 2 unspecified atom stereocenters. The molecule has 0 saturated carbocycles. The van der Waals surface area contributed by atoms with Crippen molar-refractivity contribution in [2.24, 2.45) is 0 Å². The second-order valence-electron chi connectivity index (χ2n) is 5.58. The lowest BCUT2D eigenvalue weighted by molar-refractivity contribution is -0.468. The molecular formula is C12H21N2O2S+. The molecular weight excluding hydrogens is 236 g/mol. The molecule has 0 spiro atoms. The standard InChI is InChI=1S/C12H20N2O2S/c1-12(2,3)16-11(15)14-8-5-6-9(14)10(17-4)13-7-8/h8-9H,5-7H2,1-4H3/p+1. The summed E-state index contributed by atoms with van der Waals surface area (Å²) < 4.78 is 5.49. The fraction of sp³-hybridized carbons (Fsp3) is 0.833. The smallest absolute Gasteiger partial charge is 0.411 e. The SMILES string of the molecule is CSC1=[NH+]CC2CCC1N2C(=O)OC(C)(C)C. The van der Waals surface area contributed by atoms with Crippen molar-refractivity contribution < 1.29 is 14.5 Å². The van der Waals surface area contributed by atoms with E-state index in [0.29, 0.717) is 6.04 Å². The average molecular weight is 257 g/mol. The highest BCUT2D eigenvalue weighted by molar-refractivity contribution is 8.13. The molecule has 2 aliphatic rings. The lowest BCUT2D eigenvalue weighted by atomic mass is 10.2. The zero-order valence-electron chi connectivity index (χ0n) is 10.9. The highest BCUT2D eigenvalue weighted by Crippen LogP contribution is 2.29. The number of amides is 1. The second-order valence-corrected chi connectivity index (χ2v) is 6.43. The maximum Gasteiger partial charge on any atom is 0.411 e. The van der Waals surface area contributed by atoms with Gasteiger partial charge in [0.15, 0.2) is 6.54 Å². The van der Waals surface area contributed by atoms with Crippen LogP contribution in [0.15, 0.2) is 0 Å². The molecule has 1 fully saturated rings. The largest absolute Gasteiger partial charge is 0.444 e. The van der Waals surface area contributed by atoms with Gasteiger partial charge in [-0.2, -0.15) is 0 Å². The molecule has 0 aromatic rings. The zero-order valence-corrected chi connectivity index (χ0v) is 11.8. The number of hydrogen-bond donors (Lipinski definition) is 1. The van der Waals surface area contributed by atoms with E-state index in [1.54, 1.807) is 11.8 Å². The molecule has 1 N–H and O–H groups in total. The van der Waals surface area contributed by atoms with E-state index >= 15 is 0 Å². The van der Waals surface area contributed by atoms with Crippen LogP contribution in [0.4, 0.5) is 4.79 Å². The molecule has 0 aromatic carbocycles. The Labute approximate surface area is 107 Å². The minimum absolute atomic E-state index is 0.168. The van der Waals surface area contributed by atoms with Crippen molar-refractivity contribution in [2.45, 2.75) is 51.3 Å². The van der Waals surface area contributed by atoms with Gasteiger partial charge in [-0.05, 0) is 39.9 Å². The molecule has 2 atom stereocenters. The molecule has 2 aliphatic heterocycles. The molecule has 1 amide bonds. The van der Waals surface area contributed by atoms with Crippen LogP contribution in [-0.2, 0) is 4.74 Å². The number of rotatable bonds is 0. The maximum absolute atomic E-state index is 12.2. The van der Waals surface area contributed by atoms with Gasteiger partial charge in [-0.15, -0.1) is 0 Å². The fourth-order valence-electron chi connectivity index (χ4n) is 2.48. The van der Waals surface area contributed by atoms with Crippen molar-refractivity contribution in [3.8, 4) is 0 Å². The second kappa shape index (κ2) is 4.52. The van der Waals surface area contributed by atoms with E-state index in [-0.39, 0.29) is 12.1 Å². The molecule has 2 heterocycles. The van der Waals surface area contributed by atoms with Crippen LogP contribution < -0.4 is 4.99 Å². The van der Waals surface area contributed by atoms with Gasteiger partial charge in [0.1, 0.15) is 11.6 Å². The third kappa shape index (κ3) is 2.59. The van der Waals surface area contributed by atoms with Crippen molar-refractivity contribution >= 4 is 22.9 Å².